The maximum Gasteiger partial charge on any atom is 0.308 e. The summed E-state index contributed by atoms with van der Waals surface area (Å²) in [6, 6.07) is 3.55. The second-order valence-corrected chi connectivity index (χ2v) is 4.20. The Hall–Kier alpha value is -1.91. The number of carboxylic acid groups (broad SMARTS) is 1. The van der Waals surface area contributed by atoms with E-state index in [9.17, 15) is 9.59 Å². The molecule has 0 radical (unpaired) electrons. The molecule has 1 unspecified atom stereocenters. The van der Waals surface area contributed by atoms with Gasteiger partial charge in [-0.05, 0) is 25.0 Å². The van der Waals surface area contributed by atoms with E-state index in [0.29, 0.717) is 12.1 Å². The molecule has 1 heterocycles. The van der Waals surface area contributed by atoms with Crippen LogP contribution in [0.25, 0.3) is 0 Å². The molecule has 0 aliphatic carbocycles. The monoisotopic (exact) mass is 250 g/mol. The molecule has 1 rings (SSSR count). The van der Waals surface area contributed by atoms with Gasteiger partial charge in [0.15, 0.2) is 0 Å². The molecule has 1 amide bonds. The summed E-state index contributed by atoms with van der Waals surface area (Å²) in [6.07, 6.45) is 2.87. The number of carbonyl (C=O) groups excluding carboxylic acids is 1. The quantitative estimate of drug-likeness (QED) is 0.804. The fourth-order valence-corrected chi connectivity index (χ4v) is 1.68. The highest BCUT2D eigenvalue weighted by Gasteiger charge is 2.18. The van der Waals surface area contributed by atoms with Crippen LogP contribution < -0.4 is 5.32 Å². The zero-order chi connectivity index (χ0) is 13.5. The van der Waals surface area contributed by atoms with Crippen LogP contribution in [0.3, 0.4) is 0 Å². The maximum atomic E-state index is 11.8. The maximum absolute atomic E-state index is 11.8. The zero-order valence-electron chi connectivity index (χ0n) is 10.6. The summed E-state index contributed by atoms with van der Waals surface area (Å²) in [5.41, 5.74) is 1.12. The van der Waals surface area contributed by atoms with Crippen molar-refractivity contribution in [3.8, 4) is 0 Å². The van der Waals surface area contributed by atoms with Gasteiger partial charge in [0.25, 0.3) is 5.91 Å². The van der Waals surface area contributed by atoms with Crippen molar-refractivity contribution in [1.29, 1.82) is 0 Å². The lowest BCUT2D eigenvalue weighted by Crippen LogP contribution is -2.33. The average molecular weight is 250 g/mol. The molecule has 18 heavy (non-hydrogen) atoms. The number of rotatable bonds is 6. The van der Waals surface area contributed by atoms with Gasteiger partial charge >= 0.3 is 5.97 Å². The molecule has 0 aliphatic heterocycles. The topological polar surface area (TPSA) is 79.3 Å². The number of pyridine rings is 1. The third-order valence-electron chi connectivity index (χ3n) is 2.72. The van der Waals surface area contributed by atoms with Crippen molar-refractivity contribution < 1.29 is 14.7 Å². The second kappa shape index (κ2) is 6.74. The van der Waals surface area contributed by atoms with Gasteiger partial charge in [-0.2, -0.15) is 0 Å². The highest BCUT2D eigenvalue weighted by Crippen LogP contribution is 2.07. The van der Waals surface area contributed by atoms with E-state index in [-0.39, 0.29) is 12.5 Å². The van der Waals surface area contributed by atoms with Gasteiger partial charge in [0.1, 0.15) is 5.69 Å². The number of amides is 1. The molecule has 1 atom stereocenters. The molecule has 0 saturated heterocycles. The van der Waals surface area contributed by atoms with Crippen molar-refractivity contribution in [2.75, 3.05) is 6.54 Å². The molecular formula is C13H18N2O3. The molecule has 0 fully saturated rings. The lowest BCUT2D eigenvalue weighted by molar-refractivity contribution is -0.141. The first-order chi connectivity index (χ1) is 8.56. The highest BCUT2D eigenvalue weighted by atomic mass is 16.4. The minimum Gasteiger partial charge on any atom is -0.481 e. The number of aliphatic carboxylic acids is 1. The Morgan fingerprint density at radius 1 is 1.50 bits per heavy atom. The summed E-state index contributed by atoms with van der Waals surface area (Å²) in [4.78, 5) is 26.8. The number of aromatic nitrogens is 1. The van der Waals surface area contributed by atoms with E-state index in [1.807, 2.05) is 6.92 Å². The van der Waals surface area contributed by atoms with E-state index >= 15 is 0 Å². The number of carboxylic acids is 1. The number of carbonyl (C=O) groups is 2. The first kappa shape index (κ1) is 14.2. The molecule has 0 aliphatic rings. The molecule has 0 bridgehead atoms. The van der Waals surface area contributed by atoms with Gasteiger partial charge in [0, 0.05) is 12.7 Å². The molecule has 5 heteroatoms. The van der Waals surface area contributed by atoms with Gasteiger partial charge in [-0.1, -0.05) is 19.4 Å². The molecule has 1 aromatic heterocycles. The van der Waals surface area contributed by atoms with E-state index in [4.69, 9.17) is 5.11 Å². The van der Waals surface area contributed by atoms with Gasteiger partial charge in [-0.15, -0.1) is 0 Å². The Morgan fingerprint density at radius 2 is 2.22 bits per heavy atom. The van der Waals surface area contributed by atoms with Crippen molar-refractivity contribution in [2.24, 2.45) is 5.92 Å². The van der Waals surface area contributed by atoms with E-state index in [1.54, 1.807) is 25.3 Å². The molecular weight excluding hydrogens is 232 g/mol. The van der Waals surface area contributed by atoms with Crippen LogP contribution in [-0.4, -0.2) is 28.5 Å². The second-order valence-electron chi connectivity index (χ2n) is 4.20. The molecule has 0 saturated carbocycles. The van der Waals surface area contributed by atoms with Crippen LogP contribution >= 0.6 is 0 Å². The van der Waals surface area contributed by atoms with Gasteiger partial charge < -0.3 is 10.4 Å². The Kier molecular flexibility index (Phi) is 5.30. The summed E-state index contributed by atoms with van der Waals surface area (Å²) in [7, 11) is 0. The summed E-state index contributed by atoms with van der Waals surface area (Å²) in [6.45, 7) is 3.85. The summed E-state index contributed by atoms with van der Waals surface area (Å²) in [5.74, 6) is -1.74. The van der Waals surface area contributed by atoms with E-state index in [1.165, 1.54) is 0 Å². The predicted octanol–water partition coefficient (Wildman–Crippen LogP) is 1.62. The minimum absolute atomic E-state index is 0.137. The zero-order valence-corrected chi connectivity index (χ0v) is 10.6. The number of hydrogen-bond donors (Lipinski definition) is 2. The van der Waals surface area contributed by atoms with E-state index < -0.39 is 11.9 Å². The standard InChI is InChI=1S/C13H18N2O3/c1-3-5-10(13(17)18)8-15-12(16)11-9(2)6-4-7-14-11/h4,6-7,10H,3,5,8H2,1-2H3,(H,15,16)(H,17,18). The van der Waals surface area contributed by atoms with E-state index in [2.05, 4.69) is 10.3 Å². The van der Waals surface area contributed by atoms with Crippen molar-refractivity contribution in [1.82, 2.24) is 10.3 Å². The Morgan fingerprint density at radius 3 is 2.78 bits per heavy atom. The first-order valence-electron chi connectivity index (χ1n) is 5.98. The SMILES string of the molecule is CCCC(CNC(=O)c1ncccc1C)C(=O)O. The fraction of sp³-hybridized carbons (Fsp3) is 0.462. The smallest absolute Gasteiger partial charge is 0.308 e. The van der Waals surface area contributed by atoms with Gasteiger partial charge in [0.2, 0.25) is 0 Å². The van der Waals surface area contributed by atoms with Crippen LogP contribution in [0.2, 0.25) is 0 Å². The average Bonchev–Trinajstić information content (AvgIpc) is 2.34. The first-order valence-corrected chi connectivity index (χ1v) is 5.98. The van der Waals surface area contributed by atoms with Gasteiger partial charge in [0.05, 0.1) is 5.92 Å². The van der Waals surface area contributed by atoms with Crippen LogP contribution in [-0.2, 0) is 4.79 Å². The molecule has 1 aromatic rings. The Bertz CT molecular complexity index is 432. The Labute approximate surface area is 106 Å². The van der Waals surface area contributed by atoms with Crippen LogP contribution in [0.4, 0.5) is 0 Å². The fourth-order valence-electron chi connectivity index (χ4n) is 1.68. The lowest BCUT2D eigenvalue weighted by Gasteiger charge is -2.12. The Balaban J connectivity index is 2.60. The predicted molar refractivity (Wildman–Crippen MR) is 67.3 cm³/mol. The number of hydrogen-bond acceptors (Lipinski definition) is 3. The van der Waals surface area contributed by atoms with Crippen LogP contribution in [0.5, 0.6) is 0 Å². The summed E-state index contributed by atoms with van der Waals surface area (Å²) < 4.78 is 0. The van der Waals surface area contributed by atoms with Crippen LogP contribution in [0, 0.1) is 12.8 Å². The minimum atomic E-state index is -0.880. The van der Waals surface area contributed by atoms with Crippen LogP contribution in [0.1, 0.15) is 35.8 Å². The summed E-state index contributed by atoms with van der Waals surface area (Å²) in [5, 5.41) is 11.6. The van der Waals surface area contributed by atoms with Crippen molar-refractivity contribution in [2.45, 2.75) is 26.7 Å². The number of nitrogens with one attached hydrogen (secondary N) is 1. The number of nitrogens with zero attached hydrogens (tertiary/aromatic N) is 1. The summed E-state index contributed by atoms with van der Waals surface area (Å²) >= 11 is 0. The number of aryl methyl sites for hydroxylation is 1. The van der Waals surface area contributed by atoms with Crippen molar-refractivity contribution >= 4 is 11.9 Å². The van der Waals surface area contributed by atoms with E-state index in [0.717, 1.165) is 12.0 Å². The molecule has 2 N–H and O–H groups in total. The third kappa shape index (κ3) is 3.84. The lowest BCUT2D eigenvalue weighted by atomic mass is 10.0. The van der Waals surface area contributed by atoms with Gasteiger partial charge in [-0.3, -0.25) is 14.6 Å². The normalized spacial score (nSPS) is 11.9. The van der Waals surface area contributed by atoms with Crippen LogP contribution in [0.15, 0.2) is 18.3 Å². The highest BCUT2D eigenvalue weighted by molar-refractivity contribution is 5.93. The molecule has 5 nitrogen and oxygen atoms in total. The molecule has 98 valence electrons. The third-order valence-corrected chi connectivity index (χ3v) is 2.72. The molecule has 0 spiro atoms. The largest absolute Gasteiger partial charge is 0.481 e. The van der Waals surface area contributed by atoms with Crippen molar-refractivity contribution in [3.63, 3.8) is 0 Å². The molecule has 0 aromatic carbocycles. The van der Waals surface area contributed by atoms with Gasteiger partial charge in [-0.25, -0.2) is 0 Å². The van der Waals surface area contributed by atoms with Crippen molar-refractivity contribution in [3.05, 3.63) is 29.6 Å².